The van der Waals surface area contributed by atoms with Crippen LogP contribution in [0.15, 0.2) is 0 Å². The van der Waals surface area contributed by atoms with Crippen LogP contribution < -0.4 is 5.32 Å². The summed E-state index contributed by atoms with van der Waals surface area (Å²) in [4.78, 5) is 0. The van der Waals surface area contributed by atoms with Crippen molar-refractivity contribution in [2.75, 3.05) is 13.3 Å². The van der Waals surface area contributed by atoms with Crippen LogP contribution in [0.4, 0.5) is 0 Å². The lowest BCUT2D eigenvalue weighted by atomic mass is 10.3. The Kier molecular flexibility index (Phi) is 6.89. The zero-order valence-corrected chi connectivity index (χ0v) is 6.89. The zero-order chi connectivity index (χ0) is 7.82. The van der Waals surface area contributed by atoms with Gasteiger partial charge in [-0.2, -0.15) is 0 Å². The molecule has 0 bridgehead atoms. The molecule has 0 spiro atoms. The molecular formula is C5H13NO3S. The van der Waals surface area contributed by atoms with Gasteiger partial charge >= 0.3 is 0 Å². The predicted octanol–water partition coefficient (Wildman–Crippen LogP) is -0.123. The number of nitrogens with one attached hydrogen (secondary N) is 1. The van der Waals surface area contributed by atoms with Crippen LogP contribution in [0, 0.1) is 0 Å². The maximum Gasteiger partial charge on any atom is 0.258 e. The molecule has 0 atom stereocenters. The standard InChI is InChI=1S/C5H13NO3S/c1-2-3-4-6-5-9-10(7)8/h6,10H,2-5H2,1H3. The third-order valence-electron chi connectivity index (χ3n) is 0.979. The highest BCUT2D eigenvalue weighted by Crippen LogP contribution is 1.81. The van der Waals surface area contributed by atoms with Gasteiger partial charge in [-0.1, -0.05) is 13.3 Å². The molecule has 0 saturated heterocycles. The largest absolute Gasteiger partial charge is 0.294 e. The Morgan fingerprint density at radius 2 is 2.20 bits per heavy atom. The molecule has 62 valence electrons. The van der Waals surface area contributed by atoms with Crippen LogP contribution in [0.2, 0.25) is 0 Å². The van der Waals surface area contributed by atoms with Crippen LogP contribution in [-0.4, -0.2) is 21.7 Å². The maximum absolute atomic E-state index is 9.81. The molecule has 0 amide bonds. The van der Waals surface area contributed by atoms with Crippen molar-refractivity contribution in [3.05, 3.63) is 0 Å². The Labute approximate surface area is 62.7 Å². The van der Waals surface area contributed by atoms with Gasteiger partial charge in [-0.3, -0.25) is 9.50 Å². The van der Waals surface area contributed by atoms with Crippen molar-refractivity contribution in [2.24, 2.45) is 0 Å². The van der Waals surface area contributed by atoms with Crippen LogP contribution in [0.5, 0.6) is 0 Å². The summed E-state index contributed by atoms with van der Waals surface area (Å²) in [6.07, 6.45) is 2.13. The molecule has 0 unspecified atom stereocenters. The van der Waals surface area contributed by atoms with Crippen molar-refractivity contribution in [3.63, 3.8) is 0 Å². The van der Waals surface area contributed by atoms with Crippen molar-refractivity contribution in [1.82, 2.24) is 5.32 Å². The summed E-state index contributed by atoms with van der Waals surface area (Å²) in [6.45, 7) is 2.97. The van der Waals surface area contributed by atoms with Crippen molar-refractivity contribution >= 4 is 11.0 Å². The van der Waals surface area contributed by atoms with E-state index in [0.29, 0.717) is 0 Å². The Morgan fingerprint density at radius 1 is 1.50 bits per heavy atom. The predicted molar refractivity (Wildman–Crippen MR) is 39.2 cm³/mol. The molecule has 10 heavy (non-hydrogen) atoms. The lowest BCUT2D eigenvalue weighted by Gasteiger charge is -1.98. The fourth-order valence-electron chi connectivity index (χ4n) is 0.472. The Bertz CT molecular complexity index is 127. The molecule has 1 N–H and O–H groups in total. The fourth-order valence-corrected chi connectivity index (χ4v) is 0.669. The fraction of sp³-hybridized carbons (Fsp3) is 1.00. The number of rotatable bonds is 6. The van der Waals surface area contributed by atoms with E-state index >= 15 is 0 Å². The summed E-state index contributed by atoms with van der Waals surface area (Å²) in [7, 11) is -2.68. The maximum atomic E-state index is 9.81. The van der Waals surface area contributed by atoms with Crippen molar-refractivity contribution in [1.29, 1.82) is 0 Å². The van der Waals surface area contributed by atoms with Crippen molar-refractivity contribution < 1.29 is 12.6 Å². The molecule has 0 rings (SSSR count). The second-order valence-electron chi connectivity index (χ2n) is 1.85. The van der Waals surface area contributed by atoms with Gasteiger partial charge in [-0.15, -0.1) is 0 Å². The van der Waals surface area contributed by atoms with Crippen LogP contribution in [0.25, 0.3) is 0 Å². The molecule has 0 heterocycles. The normalized spacial score (nSPS) is 10.6. The minimum atomic E-state index is -2.68. The lowest BCUT2D eigenvalue weighted by Crippen LogP contribution is -2.18. The molecule has 0 aliphatic heterocycles. The van der Waals surface area contributed by atoms with Gasteiger partial charge in [0, 0.05) is 0 Å². The summed E-state index contributed by atoms with van der Waals surface area (Å²) >= 11 is 0. The van der Waals surface area contributed by atoms with Crippen molar-refractivity contribution in [3.8, 4) is 0 Å². The van der Waals surface area contributed by atoms with E-state index in [9.17, 15) is 8.42 Å². The molecular weight excluding hydrogens is 154 g/mol. The second-order valence-corrected chi connectivity index (χ2v) is 2.56. The van der Waals surface area contributed by atoms with E-state index in [1.807, 2.05) is 0 Å². The van der Waals surface area contributed by atoms with Crippen LogP contribution in [-0.2, 0) is 15.2 Å². The molecule has 0 fully saturated rings. The van der Waals surface area contributed by atoms with E-state index in [-0.39, 0.29) is 6.73 Å². The third kappa shape index (κ3) is 7.87. The summed E-state index contributed by atoms with van der Waals surface area (Å²) < 4.78 is 23.8. The van der Waals surface area contributed by atoms with E-state index < -0.39 is 11.0 Å². The number of thiol groups is 1. The second kappa shape index (κ2) is 6.98. The first kappa shape index (κ1) is 9.87. The van der Waals surface area contributed by atoms with Crippen LogP contribution in [0.3, 0.4) is 0 Å². The van der Waals surface area contributed by atoms with Gasteiger partial charge in [-0.25, -0.2) is 8.42 Å². The topological polar surface area (TPSA) is 55.4 Å². The minimum Gasteiger partial charge on any atom is -0.294 e. The molecule has 0 aliphatic rings. The minimum absolute atomic E-state index is 0.0959. The smallest absolute Gasteiger partial charge is 0.258 e. The van der Waals surface area contributed by atoms with E-state index in [4.69, 9.17) is 0 Å². The van der Waals surface area contributed by atoms with Crippen LogP contribution >= 0.6 is 0 Å². The first-order valence-corrected chi connectivity index (χ1v) is 4.35. The molecule has 0 aromatic rings. The highest BCUT2D eigenvalue weighted by molar-refractivity contribution is 7.67. The molecule has 4 nitrogen and oxygen atoms in total. The molecule has 0 aliphatic carbocycles. The van der Waals surface area contributed by atoms with Gasteiger partial charge in [0.25, 0.3) is 11.0 Å². The van der Waals surface area contributed by atoms with Gasteiger partial charge in [0.2, 0.25) is 0 Å². The summed E-state index contributed by atoms with van der Waals surface area (Å²) in [6, 6.07) is 0. The average molecular weight is 167 g/mol. The third-order valence-corrected chi connectivity index (χ3v) is 1.32. The van der Waals surface area contributed by atoms with Gasteiger partial charge in [-0.05, 0) is 13.0 Å². The quantitative estimate of drug-likeness (QED) is 0.329. The van der Waals surface area contributed by atoms with E-state index in [1.165, 1.54) is 0 Å². The number of hydrogen-bond acceptors (Lipinski definition) is 4. The van der Waals surface area contributed by atoms with Gasteiger partial charge < -0.3 is 0 Å². The Hall–Kier alpha value is -0.130. The zero-order valence-electron chi connectivity index (χ0n) is 6.00. The SMILES string of the molecule is CCCCNCO[SH](=O)=O. The first-order chi connectivity index (χ1) is 4.77. The van der Waals surface area contributed by atoms with Crippen LogP contribution in [0.1, 0.15) is 19.8 Å². The van der Waals surface area contributed by atoms with Gasteiger partial charge in [0.1, 0.15) is 6.73 Å². The summed E-state index contributed by atoms with van der Waals surface area (Å²) in [5.74, 6) is 0. The lowest BCUT2D eigenvalue weighted by molar-refractivity contribution is 0.299. The number of unbranched alkanes of at least 4 members (excludes halogenated alkanes) is 1. The highest BCUT2D eigenvalue weighted by atomic mass is 32.2. The summed E-state index contributed by atoms with van der Waals surface area (Å²) in [5.41, 5.74) is 0. The van der Waals surface area contributed by atoms with Crippen molar-refractivity contribution in [2.45, 2.75) is 19.8 Å². The van der Waals surface area contributed by atoms with E-state index in [0.717, 1.165) is 19.4 Å². The molecule has 0 aromatic heterocycles. The molecule has 5 heteroatoms. The molecule has 0 aromatic carbocycles. The molecule has 0 saturated carbocycles. The monoisotopic (exact) mass is 167 g/mol. The molecule has 0 radical (unpaired) electrons. The summed E-state index contributed by atoms with van der Waals surface area (Å²) in [5, 5.41) is 2.81. The number of hydrogen-bond donors (Lipinski definition) is 2. The Balaban J connectivity index is 2.91. The highest BCUT2D eigenvalue weighted by Gasteiger charge is 1.85. The van der Waals surface area contributed by atoms with E-state index in [2.05, 4.69) is 16.4 Å². The van der Waals surface area contributed by atoms with E-state index in [1.54, 1.807) is 0 Å². The Morgan fingerprint density at radius 3 is 2.70 bits per heavy atom. The first-order valence-electron chi connectivity index (χ1n) is 3.25. The van der Waals surface area contributed by atoms with Gasteiger partial charge in [0.05, 0.1) is 0 Å². The average Bonchev–Trinajstić information content (AvgIpc) is 1.87. The van der Waals surface area contributed by atoms with Gasteiger partial charge in [0.15, 0.2) is 0 Å².